The van der Waals surface area contributed by atoms with Gasteiger partial charge in [0.2, 0.25) is 5.91 Å². The average molecular weight is 199 g/mol. The molecule has 4 nitrogen and oxygen atoms in total. The van der Waals surface area contributed by atoms with E-state index in [9.17, 15) is 9.59 Å². The van der Waals surface area contributed by atoms with Gasteiger partial charge in [0, 0.05) is 6.92 Å². The van der Waals surface area contributed by atoms with Crippen LogP contribution in [0.25, 0.3) is 0 Å². The van der Waals surface area contributed by atoms with E-state index in [0.717, 1.165) is 0 Å². The molecule has 0 aromatic heterocycles. The third-order valence-corrected chi connectivity index (χ3v) is 1.29. The molecule has 0 saturated carbocycles. The van der Waals surface area contributed by atoms with Gasteiger partial charge in [0.15, 0.2) is 0 Å². The number of nitrogens with one attached hydrogen (secondary N) is 1. The summed E-state index contributed by atoms with van der Waals surface area (Å²) in [6.07, 6.45) is 1.67. The lowest BCUT2D eigenvalue weighted by Gasteiger charge is -2.15. The monoisotopic (exact) mass is 199 g/mol. The highest BCUT2D eigenvalue weighted by molar-refractivity contribution is 5.93. The second kappa shape index (κ2) is 4.79. The molecule has 80 valence electrons. The van der Waals surface area contributed by atoms with Gasteiger partial charge in [0.05, 0.1) is 7.11 Å². The SMILES string of the molecule is COC(=O)/C(=C/C(C)(C)C)NC(C)=O. The number of rotatable bonds is 2. The van der Waals surface area contributed by atoms with Crippen molar-refractivity contribution in [3.05, 3.63) is 11.8 Å². The Bertz CT molecular complexity index is 261. The lowest BCUT2D eigenvalue weighted by molar-refractivity contribution is -0.137. The minimum atomic E-state index is -0.532. The summed E-state index contributed by atoms with van der Waals surface area (Å²) in [5.74, 6) is -0.818. The maximum atomic E-state index is 11.2. The van der Waals surface area contributed by atoms with Crippen molar-refractivity contribution in [3.63, 3.8) is 0 Å². The van der Waals surface area contributed by atoms with E-state index in [1.165, 1.54) is 14.0 Å². The zero-order valence-corrected chi connectivity index (χ0v) is 9.30. The molecule has 14 heavy (non-hydrogen) atoms. The lowest BCUT2D eigenvalue weighted by Crippen LogP contribution is -2.27. The highest BCUT2D eigenvalue weighted by Gasteiger charge is 2.15. The zero-order valence-electron chi connectivity index (χ0n) is 9.30. The molecule has 0 atom stereocenters. The number of allylic oxidation sites excluding steroid dienone is 1. The first-order valence-electron chi connectivity index (χ1n) is 4.35. The number of amides is 1. The van der Waals surface area contributed by atoms with Crippen LogP contribution in [0.3, 0.4) is 0 Å². The van der Waals surface area contributed by atoms with Crippen LogP contribution in [0, 0.1) is 5.41 Å². The van der Waals surface area contributed by atoms with E-state index in [2.05, 4.69) is 10.1 Å². The summed E-state index contributed by atoms with van der Waals surface area (Å²) in [4.78, 5) is 22.0. The van der Waals surface area contributed by atoms with Crippen molar-refractivity contribution in [2.75, 3.05) is 7.11 Å². The second-order valence-corrected chi connectivity index (χ2v) is 4.10. The lowest BCUT2D eigenvalue weighted by atomic mass is 9.95. The number of carbonyl (C=O) groups is 2. The van der Waals surface area contributed by atoms with Crippen LogP contribution in [-0.2, 0) is 14.3 Å². The van der Waals surface area contributed by atoms with E-state index >= 15 is 0 Å². The molecular weight excluding hydrogens is 182 g/mol. The fraction of sp³-hybridized carbons (Fsp3) is 0.600. The maximum absolute atomic E-state index is 11.2. The molecule has 0 aromatic carbocycles. The highest BCUT2D eigenvalue weighted by Crippen LogP contribution is 2.17. The molecule has 0 saturated heterocycles. The minimum Gasteiger partial charge on any atom is -0.464 e. The van der Waals surface area contributed by atoms with E-state index in [4.69, 9.17) is 0 Å². The first-order valence-corrected chi connectivity index (χ1v) is 4.35. The summed E-state index contributed by atoms with van der Waals surface area (Å²) in [7, 11) is 1.28. The van der Waals surface area contributed by atoms with Gasteiger partial charge < -0.3 is 10.1 Å². The first kappa shape index (κ1) is 12.7. The molecule has 0 radical (unpaired) electrons. The number of esters is 1. The molecule has 4 heteroatoms. The van der Waals surface area contributed by atoms with Crippen molar-refractivity contribution >= 4 is 11.9 Å². The fourth-order valence-corrected chi connectivity index (χ4v) is 0.879. The van der Waals surface area contributed by atoms with E-state index in [0.29, 0.717) is 0 Å². The van der Waals surface area contributed by atoms with Gasteiger partial charge in [-0.2, -0.15) is 0 Å². The van der Waals surface area contributed by atoms with E-state index in [1.54, 1.807) is 6.08 Å². The summed E-state index contributed by atoms with van der Waals surface area (Å²) >= 11 is 0. The third kappa shape index (κ3) is 5.35. The minimum absolute atomic E-state index is 0.188. The molecule has 0 aliphatic heterocycles. The third-order valence-electron chi connectivity index (χ3n) is 1.29. The Kier molecular flexibility index (Phi) is 4.34. The first-order chi connectivity index (χ1) is 6.26. The van der Waals surface area contributed by atoms with Gasteiger partial charge in [-0.05, 0) is 11.5 Å². The molecule has 0 rings (SSSR count). The van der Waals surface area contributed by atoms with Gasteiger partial charge >= 0.3 is 5.97 Å². The van der Waals surface area contributed by atoms with E-state index in [-0.39, 0.29) is 17.0 Å². The molecule has 0 fully saturated rings. The Labute approximate surface area is 84.3 Å². The molecule has 0 heterocycles. The Morgan fingerprint density at radius 1 is 1.29 bits per heavy atom. The fourth-order valence-electron chi connectivity index (χ4n) is 0.879. The molecule has 1 amide bonds. The number of methoxy groups -OCH3 is 1. The molecule has 1 N–H and O–H groups in total. The van der Waals surface area contributed by atoms with Crippen LogP contribution in [0.15, 0.2) is 11.8 Å². The molecule has 0 aliphatic carbocycles. The number of hydrogen-bond acceptors (Lipinski definition) is 3. The van der Waals surface area contributed by atoms with Crippen LogP contribution in [-0.4, -0.2) is 19.0 Å². The molecule has 0 spiro atoms. The number of hydrogen-bond donors (Lipinski definition) is 1. The topological polar surface area (TPSA) is 55.4 Å². The van der Waals surface area contributed by atoms with Gasteiger partial charge in [0.25, 0.3) is 0 Å². The summed E-state index contributed by atoms with van der Waals surface area (Å²) in [6, 6.07) is 0. The quantitative estimate of drug-likeness (QED) is 0.537. The molecule has 0 bridgehead atoms. The summed E-state index contributed by atoms with van der Waals surface area (Å²) in [6.45, 7) is 7.13. The van der Waals surface area contributed by atoms with Crippen LogP contribution in [0.1, 0.15) is 27.7 Å². The van der Waals surface area contributed by atoms with Crippen molar-refractivity contribution in [2.24, 2.45) is 5.41 Å². The Balaban J connectivity index is 4.81. The normalized spacial score (nSPS) is 12.2. The summed E-state index contributed by atoms with van der Waals surface area (Å²) in [5.41, 5.74) is -0.00102. The van der Waals surface area contributed by atoms with Crippen molar-refractivity contribution in [1.29, 1.82) is 0 Å². The largest absolute Gasteiger partial charge is 0.464 e. The van der Waals surface area contributed by atoms with Gasteiger partial charge in [-0.25, -0.2) is 4.79 Å². The molecule has 0 aliphatic rings. The zero-order chi connectivity index (χ0) is 11.4. The predicted molar refractivity (Wildman–Crippen MR) is 53.4 cm³/mol. The maximum Gasteiger partial charge on any atom is 0.354 e. The number of carbonyl (C=O) groups excluding carboxylic acids is 2. The van der Waals surface area contributed by atoms with Gasteiger partial charge in [0.1, 0.15) is 5.70 Å². The van der Waals surface area contributed by atoms with E-state index in [1.807, 2.05) is 20.8 Å². The Hall–Kier alpha value is -1.32. The number of ether oxygens (including phenoxy) is 1. The summed E-state index contributed by atoms with van der Waals surface area (Å²) < 4.78 is 4.54. The van der Waals surface area contributed by atoms with Crippen LogP contribution < -0.4 is 5.32 Å². The standard InChI is InChI=1S/C10H17NO3/c1-7(12)11-8(9(13)14-5)6-10(2,3)4/h6H,1-5H3,(H,11,12)/b8-6-. The van der Waals surface area contributed by atoms with Crippen molar-refractivity contribution < 1.29 is 14.3 Å². The Morgan fingerprint density at radius 2 is 1.79 bits per heavy atom. The van der Waals surface area contributed by atoms with Crippen molar-refractivity contribution in [1.82, 2.24) is 5.32 Å². The van der Waals surface area contributed by atoms with Crippen molar-refractivity contribution in [3.8, 4) is 0 Å². The summed E-state index contributed by atoms with van der Waals surface area (Å²) in [5, 5.41) is 2.43. The molecule has 0 aromatic rings. The van der Waals surface area contributed by atoms with Crippen LogP contribution in [0.5, 0.6) is 0 Å². The molecule has 0 unspecified atom stereocenters. The highest BCUT2D eigenvalue weighted by atomic mass is 16.5. The Morgan fingerprint density at radius 3 is 2.07 bits per heavy atom. The van der Waals surface area contributed by atoms with Crippen LogP contribution in [0.2, 0.25) is 0 Å². The van der Waals surface area contributed by atoms with Crippen LogP contribution >= 0.6 is 0 Å². The molecular formula is C10H17NO3. The smallest absolute Gasteiger partial charge is 0.354 e. The van der Waals surface area contributed by atoms with Crippen LogP contribution in [0.4, 0.5) is 0 Å². The predicted octanol–water partition coefficient (Wildman–Crippen LogP) is 1.23. The van der Waals surface area contributed by atoms with Gasteiger partial charge in [-0.3, -0.25) is 4.79 Å². The van der Waals surface area contributed by atoms with Gasteiger partial charge in [-0.1, -0.05) is 20.8 Å². The average Bonchev–Trinajstić information content (AvgIpc) is 1.98. The second-order valence-electron chi connectivity index (χ2n) is 4.10. The van der Waals surface area contributed by atoms with E-state index < -0.39 is 5.97 Å². The van der Waals surface area contributed by atoms with Gasteiger partial charge in [-0.15, -0.1) is 0 Å². The van der Waals surface area contributed by atoms with Crippen molar-refractivity contribution in [2.45, 2.75) is 27.7 Å².